The first-order valence-electron chi connectivity index (χ1n) is 18.1. The van der Waals surface area contributed by atoms with Crippen LogP contribution in [0.25, 0.3) is 0 Å². The number of carbonyl (C=O) groups is 2. The molecular formula is C40H56O4. The fourth-order valence-corrected chi connectivity index (χ4v) is 8.39. The molecule has 3 fully saturated rings. The molecule has 3 aliphatic carbocycles. The van der Waals surface area contributed by atoms with E-state index in [1.54, 1.807) is 0 Å². The van der Waals surface area contributed by atoms with Crippen LogP contribution >= 0.6 is 0 Å². The second-order valence-electron chi connectivity index (χ2n) is 14.2. The van der Waals surface area contributed by atoms with Crippen LogP contribution in [-0.2, 0) is 9.47 Å². The van der Waals surface area contributed by atoms with Crippen LogP contribution in [0.2, 0.25) is 0 Å². The van der Waals surface area contributed by atoms with E-state index in [2.05, 4.69) is 38.1 Å². The summed E-state index contributed by atoms with van der Waals surface area (Å²) in [7, 11) is 0. The molecule has 0 saturated heterocycles. The minimum atomic E-state index is -0.419. The molecule has 1 atom stereocenters. The van der Waals surface area contributed by atoms with Gasteiger partial charge in [-0.1, -0.05) is 83.1 Å². The zero-order valence-electron chi connectivity index (χ0n) is 27.4. The Labute approximate surface area is 266 Å². The van der Waals surface area contributed by atoms with E-state index in [0.717, 1.165) is 37.5 Å². The van der Waals surface area contributed by atoms with Crippen LogP contribution in [0.3, 0.4) is 0 Å². The minimum Gasteiger partial charge on any atom is -0.458 e. The molecule has 4 heteroatoms. The molecule has 0 aliphatic heterocycles. The maximum atomic E-state index is 13.3. The Hall–Kier alpha value is -2.62. The van der Waals surface area contributed by atoms with E-state index in [4.69, 9.17) is 9.47 Å². The average molecular weight is 601 g/mol. The van der Waals surface area contributed by atoms with Gasteiger partial charge in [-0.25, -0.2) is 9.59 Å². The van der Waals surface area contributed by atoms with Gasteiger partial charge in [0.2, 0.25) is 0 Å². The second-order valence-corrected chi connectivity index (χ2v) is 14.2. The largest absolute Gasteiger partial charge is 0.458 e. The zero-order valence-corrected chi connectivity index (χ0v) is 27.4. The molecular weight excluding hydrogens is 544 g/mol. The molecule has 0 heterocycles. The molecule has 3 saturated carbocycles. The summed E-state index contributed by atoms with van der Waals surface area (Å²) in [6.07, 6.45) is 20.5. The Kier molecular flexibility index (Phi) is 12.4. The van der Waals surface area contributed by atoms with Gasteiger partial charge in [-0.15, -0.1) is 0 Å². The van der Waals surface area contributed by atoms with Crippen molar-refractivity contribution in [1.82, 2.24) is 0 Å². The van der Waals surface area contributed by atoms with Gasteiger partial charge in [-0.2, -0.15) is 0 Å². The first-order chi connectivity index (χ1) is 21.5. The lowest BCUT2D eigenvalue weighted by Crippen LogP contribution is -2.33. The van der Waals surface area contributed by atoms with Crippen LogP contribution in [0.1, 0.15) is 167 Å². The SMILES string of the molecule is CCC[C@H]1CC[C@H](c2ccc(C(=O)OCC(OC(=O)c3ccc([C@H]4CC[C@H](CCC)CC4)cc3)C3CCCCC3)cc2)CC1. The van der Waals surface area contributed by atoms with E-state index in [1.165, 1.54) is 94.6 Å². The Balaban J connectivity index is 1.15. The quantitative estimate of drug-likeness (QED) is 0.227. The maximum absolute atomic E-state index is 13.3. The molecule has 0 radical (unpaired) electrons. The molecule has 0 aromatic heterocycles. The van der Waals surface area contributed by atoms with Gasteiger partial charge < -0.3 is 9.47 Å². The van der Waals surface area contributed by atoms with Crippen molar-refractivity contribution in [2.45, 2.75) is 141 Å². The third kappa shape index (κ3) is 8.98. The minimum absolute atomic E-state index is 0.109. The predicted molar refractivity (Wildman–Crippen MR) is 178 cm³/mol. The predicted octanol–water partition coefficient (Wildman–Crippen LogP) is 10.8. The van der Waals surface area contributed by atoms with Gasteiger partial charge in [0, 0.05) is 0 Å². The zero-order chi connectivity index (χ0) is 30.7. The summed E-state index contributed by atoms with van der Waals surface area (Å²) >= 11 is 0. The Morgan fingerprint density at radius 2 is 1.07 bits per heavy atom. The third-order valence-corrected chi connectivity index (χ3v) is 11.1. The van der Waals surface area contributed by atoms with Crippen molar-refractivity contribution in [2.24, 2.45) is 17.8 Å². The highest BCUT2D eigenvalue weighted by atomic mass is 16.6. The molecule has 3 aliphatic rings. The lowest BCUT2D eigenvalue weighted by atomic mass is 9.77. The summed E-state index contributed by atoms with van der Waals surface area (Å²) in [5.41, 5.74) is 3.83. The van der Waals surface area contributed by atoms with Crippen LogP contribution in [0, 0.1) is 17.8 Å². The lowest BCUT2D eigenvalue weighted by molar-refractivity contribution is -0.0247. The topological polar surface area (TPSA) is 52.6 Å². The van der Waals surface area contributed by atoms with Crippen molar-refractivity contribution in [3.8, 4) is 0 Å². The summed E-state index contributed by atoms with van der Waals surface area (Å²) in [5, 5.41) is 0. The van der Waals surface area contributed by atoms with Gasteiger partial charge in [-0.05, 0) is 129 Å². The third-order valence-electron chi connectivity index (χ3n) is 11.1. The molecule has 0 amide bonds. The highest BCUT2D eigenvalue weighted by Gasteiger charge is 2.30. The average Bonchev–Trinajstić information content (AvgIpc) is 3.08. The molecule has 240 valence electrons. The molecule has 0 N–H and O–H groups in total. The van der Waals surface area contributed by atoms with Crippen molar-refractivity contribution in [3.63, 3.8) is 0 Å². The molecule has 44 heavy (non-hydrogen) atoms. The number of hydrogen-bond donors (Lipinski definition) is 0. The molecule has 1 unspecified atom stereocenters. The molecule has 2 aromatic carbocycles. The fraction of sp³-hybridized carbons (Fsp3) is 0.650. The Morgan fingerprint density at radius 1 is 0.614 bits per heavy atom. The smallest absolute Gasteiger partial charge is 0.338 e. The van der Waals surface area contributed by atoms with Crippen molar-refractivity contribution in [1.29, 1.82) is 0 Å². The number of esters is 2. The maximum Gasteiger partial charge on any atom is 0.338 e. The molecule has 5 rings (SSSR count). The monoisotopic (exact) mass is 600 g/mol. The fourth-order valence-electron chi connectivity index (χ4n) is 8.39. The van der Waals surface area contributed by atoms with Crippen molar-refractivity contribution < 1.29 is 19.1 Å². The van der Waals surface area contributed by atoms with Crippen LogP contribution in [-0.4, -0.2) is 24.6 Å². The van der Waals surface area contributed by atoms with E-state index in [9.17, 15) is 9.59 Å². The first kappa shape index (κ1) is 32.8. The number of rotatable bonds is 12. The standard InChI is InChI=1S/C40H56O4/c1-3-8-29-12-16-31(17-13-29)33-20-24-36(25-21-33)39(41)43-28-38(35-10-6-5-7-11-35)44-40(42)37-26-22-34(23-27-37)32-18-14-30(9-4-2)15-19-32/h20-27,29-32,35,38H,3-19,28H2,1-2H3/t29-,30-,31-,32-,38?. The van der Waals surface area contributed by atoms with Crippen LogP contribution < -0.4 is 0 Å². The normalized spacial score (nSPS) is 25.2. The van der Waals surface area contributed by atoms with E-state index in [0.29, 0.717) is 23.0 Å². The van der Waals surface area contributed by atoms with Crippen molar-refractivity contribution >= 4 is 11.9 Å². The summed E-state index contributed by atoms with van der Waals surface area (Å²) in [6, 6.07) is 16.1. The van der Waals surface area contributed by atoms with Gasteiger partial charge >= 0.3 is 11.9 Å². The van der Waals surface area contributed by atoms with Crippen molar-refractivity contribution in [3.05, 3.63) is 70.8 Å². The molecule has 0 spiro atoms. The Morgan fingerprint density at radius 3 is 1.52 bits per heavy atom. The summed E-state index contributed by atoms with van der Waals surface area (Å²) in [5.74, 6) is 2.54. The lowest BCUT2D eigenvalue weighted by Gasteiger charge is -2.30. The number of benzene rings is 2. The first-order valence-corrected chi connectivity index (χ1v) is 18.1. The van der Waals surface area contributed by atoms with Crippen LogP contribution in [0.5, 0.6) is 0 Å². The Bertz CT molecular complexity index is 1150. The van der Waals surface area contributed by atoms with Gasteiger partial charge in [0.1, 0.15) is 12.7 Å². The van der Waals surface area contributed by atoms with Gasteiger partial charge in [0.15, 0.2) is 0 Å². The summed E-state index contributed by atoms with van der Waals surface area (Å²) in [6.45, 7) is 4.67. The van der Waals surface area contributed by atoms with E-state index in [-0.39, 0.29) is 24.5 Å². The van der Waals surface area contributed by atoms with E-state index < -0.39 is 6.10 Å². The van der Waals surface area contributed by atoms with Crippen molar-refractivity contribution in [2.75, 3.05) is 6.61 Å². The van der Waals surface area contributed by atoms with Gasteiger partial charge in [0.05, 0.1) is 11.1 Å². The summed E-state index contributed by atoms with van der Waals surface area (Å²) < 4.78 is 11.9. The highest BCUT2D eigenvalue weighted by molar-refractivity contribution is 5.90. The van der Waals surface area contributed by atoms with Crippen LogP contribution in [0.15, 0.2) is 48.5 Å². The molecule has 0 bridgehead atoms. The summed E-state index contributed by atoms with van der Waals surface area (Å²) in [4.78, 5) is 26.4. The van der Waals surface area contributed by atoms with Gasteiger partial charge in [0.25, 0.3) is 0 Å². The van der Waals surface area contributed by atoms with E-state index >= 15 is 0 Å². The molecule has 4 nitrogen and oxygen atoms in total. The highest BCUT2D eigenvalue weighted by Crippen LogP contribution is 2.39. The number of carbonyl (C=O) groups excluding carboxylic acids is 2. The van der Waals surface area contributed by atoms with E-state index in [1.807, 2.05) is 24.3 Å². The second kappa shape index (κ2) is 16.6. The number of ether oxygens (including phenoxy) is 2. The van der Waals surface area contributed by atoms with Crippen LogP contribution in [0.4, 0.5) is 0 Å². The molecule has 2 aromatic rings. The number of hydrogen-bond acceptors (Lipinski definition) is 4. The van der Waals surface area contributed by atoms with Gasteiger partial charge in [-0.3, -0.25) is 0 Å².